The molecule has 5 heteroatoms. The molecule has 0 aliphatic carbocycles. The zero-order chi connectivity index (χ0) is 11.4. The second kappa shape index (κ2) is 5.26. The molecule has 0 bridgehead atoms. The van der Waals surface area contributed by atoms with Crippen LogP contribution in [0.25, 0.3) is 0 Å². The van der Waals surface area contributed by atoms with Crippen LogP contribution in [-0.2, 0) is 20.3 Å². The average molecular weight is 219 g/mol. The molecule has 2 atom stereocenters. The van der Waals surface area contributed by atoms with Crippen molar-refractivity contribution in [3.63, 3.8) is 0 Å². The van der Waals surface area contributed by atoms with E-state index in [-0.39, 0.29) is 5.41 Å². The van der Waals surface area contributed by atoms with Gasteiger partial charge in [-0.05, 0) is 11.8 Å². The minimum absolute atomic E-state index is 0.343. The van der Waals surface area contributed by atoms with Gasteiger partial charge in [-0.1, -0.05) is 26.8 Å². The Labute approximate surface area is 86.8 Å². The van der Waals surface area contributed by atoms with E-state index in [2.05, 4.69) is 10.8 Å². The Morgan fingerprint density at radius 3 is 2.43 bits per heavy atom. The summed E-state index contributed by atoms with van der Waals surface area (Å²) in [6, 6.07) is 0. The van der Waals surface area contributed by atoms with Gasteiger partial charge in [-0.15, -0.1) is 6.58 Å². The first-order valence-electron chi connectivity index (χ1n) is 4.21. The van der Waals surface area contributed by atoms with Crippen LogP contribution >= 0.6 is 0 Å². The molecule has 4 nitrogen and oxygen atoms in total. The minimum Gasteiger partial charge on any atom is -0.740 e. The standard InChI is InChI=1S/C9H16O4S/c1-5-6-7(9(2,3)4)8(10)13-14(11)12/h5,7H,1,6H2,2-4H3,(H,11,12)/p-1. The van der Waals surface area contributed by atoms with Crippen LogP contribution in [0.15, 0.2) is 12.7 Å². The Kier molecular flexibility index (Phi) is 5.01. The molecule has 0 aliphatic rings. The molecule has 0 spiro atoms. The van der Waals surface area contributed by atoms with Crippen LogP contribution in [0.4, 0.5) is 0 Å². The van der Waals surface area contributed by atoms with Crippen molar-refractivity contribution in [1.82, 2.24) is 0 Å². The van der Waals surface area contributed by atoms with Gasteiger partial charge in [0.1, 0.15) is 11.4 Å². The van der Waals surface area contributed by atoms with Gasteiger partial charge in [0.05, 0.1) is 5.92 Å². The Bertz CT molecular complexity index is 242. The molecule has 0 saturated carbocycles. The van der Waals surface area contributed by atoms with Gasteiger partial charge in [0.15, 0.2) is 0 Å². The SMILES string of the molecule is C=CCC(C(=O)OS(=O)[O-])C(C)(C)C. The first-order valence-corrected chi connectivity index (χ1v) is 5.21. The number of carbonyl (C=O) groups is 1. The predicted octanol–water partition coefficient (Wildman–Crippen LogP) is 1.56. The topological polar surface area (TPSA) is 66.4 Å². The van der Waals surface area contributed by atoms with Crippen LogP contribution in [0.2, 0.25) is 0 Å². The van der Waals surface area contributed by atoms with Crippen LogP contribution in [0.1, 0.15) is 27.2 Å². The smallest absolute Gasteiger partial charge is 0.323 e. The van der Waals surface area contributed by atoms with Gasteiger partial charge in [0.25, 0.3) is 0 Å². The van der Waals surface area contributed by atoms with Crippen LogP contribution in [0.3, 0.4) is 0 Å². The molecule has 0 rings (SSSR count). The normalized spacial score (nSPS) is 15.7. The minimum atomic E-state index is -2.79. The zero-order valence-corrected chi connectivity index (χ0v) is 9.43. The van der Waals surface area contributed by atoms with Gasteiger partial charge < -0.3 is 8.74 Å². The molecular weight excluding hydrogens is 204 g/mol. The Morgan fingerprint density at radius 1 is 1.64 bits per heavy atom. The third kappa shape index (κ3) is 4.53. The van der Waals surface area contributed by atoms with Gasteiger partial charge in [0, 0.05) is 0 Å². The molecule has 0 radical (unpaired) electrons. The highest BCUT2D eigenvalue weighted by Gasteiger charge is 2.31. The first kappa shape index (κ1) is 13.3. The number of allylic oxidation sites excluding steroid dienone is 1. The van der Waals surface area contributed by atoms with Crippen LogP contribution in [0.5, 0.6) is 0 Å². The van der Waals surface area contributed by atoms with Gasteiger partial charge in [-0.25, -0.2) is 4.21 Å². The lowest BCUT2D eigenvalue weighted by atomic mass is 9.79. The molecule has 0 aromatic carbocycles. The summed E-state index contributed by atoms with van der Waals surface area (Å²) < 4.78 is 24.5. The lowest BCUT2D eigenvalue weighted by Crippen LogP contribution is -2.30. The zero-order valence-electron chi connectivity index (χ0n) is 8.61. The van der Waals surface area contributed by atoms with E-state index in [0.717, 1.165) is 0 Å². The third-order valence-corrected chi connectivity index (χ3v) is 2.18. The Balaban J connectivity index is 4.57. The summed E-state index contributed by atoms with van der Waals surface area (Å²) in [6.07, 6.45) is 1.98. The van der Waals surface area contributed by atoms with E-state index >= 15 is 0 Å². The second-order valence-corrected chi connectivity index (χ2v) is 4.62. The predicted molar refractivity (Wildman–Crippen MR) is 52.8 cm³/mol. The molecule has 82 valence electrons. The third-order valence-electron chi connectivity index (χ3n) is 1.88. The summed E-state index contributed by atoms with van der Waals surface area (Å²) in [5, 5.41) is 0. The number of rotatable bonds is 4. The van der Waals surface area contributed by atoms with Crippen molar-refractivity contribution in [3.8, 4) is 0 Å². The lowest BCUT2D eigenvalue weighted by molar-refractivity contribution is -0.141. The molecule has 0 aliphatic heterocycles. The van der Waals surface area contributed by atoms with E-state index in [1.165, 1.54) is 0 Å². The second-order valence-electron chi connectivity index (χ2n) is 4.05. The highest BCUT2D eigenvalue weighted by molar-refractivity contribution is 7.74. The van der Waals surface area contributed by atoms with Gasteiger partial charge in [-0.2, -0.15) is 0 Å². The van der Waals surface area contributed by atoms with E-state index in [1.807, 2.05) is 20.8 Å². The van der Waals surface area contributed by atoms with Crippen molar-refractivity contribution < 1.29 is 17.7 Å². The van der Waals surface area contributed by atoms with Crippen molar-refractivity contribution in [3.05, 3.63) is 12.7 Å². The van der Waals surface area contributed by atoms with Gasteiger partial charge in [-0.3, -0.25) is 4.79 Å². The van der Waals surface area contributed by atoms with Crippen LogP contribution < -0.4 is 0 Å². The van der Waals surface area contributed by atoms with E-state index < -0.39 is 23.2 Å². The summed E-state index contributed by atoms with van der Waals surface area (Å²) in [5.41, 5.74) is -0.343. The average Bonchev–Trinajstić information content (AvgIpc) is 1.96. The number of carbonyl (C=O) groups excluding carboxylic acids is 1. The largest absolute Gasteiger partial charge is 0.740 e. The summed E-state index contributed by atoms with van der Waals surface area (Å²) in [6.45, 7) is 9.04. The molecule has 0 N–H and O–H groups in total. The van der Waals surface area contributed by atoms with Gasteiger partial charge >= 0.3 is 5.97 Å². The fourth-order valence-corrected chi connectivity index (χ4v) is 1.35. The van der Waals surface area contributed by atoms with E-state index in [1.54, 1.807) is 6.08 Å². The van der Waals surface area contributed by atoms with E-state index in [0.29, 0.717) is 6.42 Å². The molecule has 0 aromatic rings. The number of hydrogen-bond acceptors (Lipinski definition) is 4. The Morgan fingerprint density at radius 2 is 2.14 bits per heavy atom. The van der Waals surface area contributed by atoms with Gasteiger partial charge in [0.2, 0.25) is 0 Å². The van der Waals surface area contributed by atoms with Crippen LogP contribution in [0, 0.1) is 11.3 Å². The number of hydrogen-bond donors (Lipinski definition) is 0. The van der Waals surface area contributed by atoms with E-state index in [9.17, 15) is 13.6 Å². The summed E-state index contributed by atoms with van der Waals surface area (Å²) in [5.74, 6) is -1.22. The molecule has 2 unspecified atom stereocenters. The fourth-order valence-electron chi connectivity index (χ4n) is 1.10. The monoisotopic (exact) mass is 219 g/mol. The molecular formula is C9H15O4S-. The maximum absolute atomic E-state index is 11.3. The highest BCUT2D eigenvalue weighted by atomic mass is 32.2. The molecule has 0 amide bonds. The van der Waals surface area contributed by atoms with E-state index in [4.69, 9.17) is 0 Å². The van der Waals surface area contributed by atoms with Crippen LogP contribution in [-0.4, -0.2) is 14.7 Å². The quantitative estimate of drug-likeness (QED) is 0.531. The molecule has 0 fully saturated rings. The van der Waals surface area contributed by atoms with Crippen molar-refractivity contribution in [2.24, 2.45) is 11.3 Å². The maximum Gasteiger partial charge on any atom is 0.323 e. The molecule has 0 aromatic heterocycles. The van der Waals surface area contributed by atoms with Crippen molar-refractivity contribution in [1.29, 1.82) is 0 Å². The molecule has 14 heavy (non-hydrogen) atoms. The lowest BCUT2D eigenvalue weighted by Gasteiger charge is -2.27. The van der Waals surface area contributed by atoms with Crippen molar-refractivity contribution in [2.75, 3.05) is 0 Å². The summed E-state index contributed by atoms with van der Waals surface area (Å²) in [4.78, 5) is 11.3. The van der Waals surface area contributed by atoms with Crippen molar-refractivity contribution in [2.45, 2.75) is 27.2 Å². The fraction of sp³-hybridized carbons (Fsp3) is 0.667. The summed E-state index contributed by atoms with van der Waals surface area (Å²) in [7, 11) is 0. The summed E-state index contributed by atoms with van der Waals surface area (Å²) >= 11 is -2.79. The Hall–Kier alpha value is -0.680. The molecule has 0 heterocycles. The maximum atomic E-state index is 11.3. The first-order chi connectivity index (χ1) is 6.29. The van der Waals surface area contributed by atoms with Crippen molar-refractivity contribution >= 4 is 17.3 Å². The highest BCUT2D eigenvalue weighted by Crippen LogP contribution is 2.30. The molecule has 0 saturated heterocycles.